The molecule has 0 amide bonds. The zero-order valence-electron chi connectivity index (χ0n) is 15.5. The topological polar surface area (TPSA) is 92.7 Å². The fourth-order valence-electron chi connectivity index (χ4n) is 2.50. The highest BCUT2D eigenvalue weighted by Crippen LogP contribution is 2.36. The second-order valence-corrected chi connectivity index (χ2v) is 9.27. The molecule has 0 spiro atoms. The maximum atomic E-state index is 12.7. The third-order valence-corrected chi connectivity index (χ3v) is 5.53. The molecule has 2 aromatic rings. The van der Waals surface area contributed by atoms with Crippen molar-refractivity contribution >= 4 is 27.6 Å². The Labute approximate surface area is 164 Å². The van der Waals surface area contributed by atoms with E-state index in [1.165, 1.54) is 12.1 Å². The summed E-state index contributed by atoms with van der Waals surface area (Å²) in [6, 6.07) is 9.51. The number of hydrogen-bond donors (Lipinski definition) is 2. The Kier molecular flexibility index (Phi) is 6.19. The second-order valence-electron chi connectivity index (χ2n) is 7.16. The molecule has 2 N–H and O–H groups in total. The van der Waals surface area contributed by atoms with Gasteiger partial charge in [-0.2, -0.15) is 0 Å². The molecule has 0 unspecified atom stereocenters. The van der Waals surface area contributed by atoms with Gasteiger partial charge in [0.05, 0.1) is 4.90 Å². The molecule has 2 aromatic carbocycles. The molecule has 146 valence electrons. The van der Waals surface area contributed by atoms with Gasteiger partial charge in [-0.15, -0.1) is 0 Å². The van der Waals surface area contributed by atoms with Crippen LogP contribution in [0.15, 0.2) is 41.3 Å². The van der Waals surface area contributed by atoms with Crippen LogP contribution in [0.4, 0.5) is 0 Å². The van der Waals surface area contributed by atoms with Crippen molar-refractivity contribution in [2.45, 2.75) is 38.1 Å². The van der Waals surface area contributed by atoms with Crippen molar-refractivity contribution in [3.8, 4) is 16.9 Å². The summed E-state index contributed by atoms with van der Waals surface area (Å²) >= 11 is 6.10. The predicted molar refractivity (Wildman–Crippen MR) is 105 cm³/mol. The number of ether oxygens (including phenoxy) is 1. The van der Waals surface area contributed by atoms with Gasteiger partial charge in [-0.3, -0.25) is 0 Å². The Bertz CT molecular complexity index is 965. The van der Waals surface area contributed by atoms with Crippen molar-refractivity contribution in [3.63, 3.8) is 0 Å². The molecule has 8 heteroatoms. The maximum Gasteiger partial charge on any atom is 0.341 e. The van der Waals surface area contributed by atoms with Gasteiger partial charge in [0.15, 0.2) is 6.61 Å². The summed E-state index contributed by atoms with van der Waals surface area (Å²) in [7, 11) is -3.73. The van der Waals surface area contributed by atoms with Gasteiger partial charge in [0.1, 0.15) is 5.75 Å². The van der Waals surface area contributed by atoms with E-state index in [1.807, 2.05) is 6.92 Å². The molecule has 2 rings (SSSR count). The van der Waals surface area contributed by atoms with E-state index in [-0.39, 0.29) is 4.90 Å². The SMILES string of the molecule is Cc1ccc(S(=O)(=O)NC(C)(C)C)cc1-c1cc(Cl)ccc1OCC(=O)O. The summed E-state index contributed by atoms with van der Waals surface area (Å²) < 4.78 is 33.3. The first kappa shape index (κ1) is 21.2. The highest BCUT2D eigenvalue weighted by atomic mass is 35.5. The minimum absolute atomic E-state index is 0.0992. The number of benzene rings is 2. The summed E-state index contributed by atoms with van der Waals surface area (Å²) in [6.07, 6.45) is 0. The van der Waals surface area contributed by atoms with Crippen LogP contribution < -0.4 is 9.46 Å². The lowest BCUT2D eigenvalue weighted by molar-refractivity contribution is -0.139. The summed E-state index contributed by atoms with van der Waals surface area (Å²) in [5, 5.41) is 9.29. The fourth-order valence-corrected chi connectivity index (χ4v) is 4.11. The number of carbonyl (C=O) groups is 1. The molecule has 0 atom stereocenters. The lowest BCUT2D eigenvalue weighted by Gasteiger charge is -2.21. The Hall–Kier alpha value is -2.09. The number of sulfonamides is 1. The monoisotopic (exact) mass is 411 g/mol. The average molecular weight is 412 g/mol. The lowest BCUT2D eigenvalue weighted by Crippen LogP contribution is -2.40. The molecule has 27 heavy (non-hydrogen) atoms. The van der Waals surface area contributed by atoms with Crippen LogP contribution in [0.1, 0.15) is 26.3 Å². The minimum atomic E-state index is -3.73. The van der Waals surface area contributed by atoms with Crippen LogP contribution in [-0.2, 0) is 14.8 Å². The van der Waals surface area contributed by atoms with Crippen molar-refractivity contribution < 1.29 is 23.1 Å². The first-order valence-corrected chi connectivity index (χ1v) is 10.0. The van der Waals surface area contributed by atoms with Crippen LogP contribution in [0.3, 0.4) is 0 Å². The van der Waals surface area contributed by atoms with E-state index < -0.39 is 28.1 Å². The van der Waals surface area contributed by atoms with Crippen LogP contribution in [0.25, 0.3) is 11.1 Å². The normalized spacial score (nSPS) is 12.0. The van der Waals surface area contributed by atoms with Crippen molar-refractivity contribution in [2.75, 3.05) is 6.61 Å². The molecular weight excluding hydrogens is 390 g/mol. The Morgan fingerprint density at radius 1 is 1.15 bits per heavy atom. The van der Waals surface area contributed by atoms with Crippen LogP contribution in [0, 0.1) is 6.92 Å². The van der Waals surface area contributed by atoms with E-state index in [0.29, 0.717) is 21.9 Å². The molecule has 0 heterocycles. The minimum Gasteiger partial charge on any atom is -0.481 e. The number of aryl methyl sites for hydroxylation is 1. The molecule has 0 radical (unpaired) electrons. The predicted octanol–water partition coefficient (Wildman–Crippen LogP) is 3.86. The zero-order chi connectivity index (χ0) is 20.4. The third-order valence-electron chi connectivity index (χ3n) is 3.54. The van der Waals surface area contributed by atoms with Gasteiger partial charge in [0.25, 0.3) is 0 Å². The number of hydrogen-bond acceptors (Lipinski definition) is 4. The molecule has 0 bridgehead atoms. The van der Waals surface area contributed by atoms with Gasteiger partial charge in [-0.05, 0) is 69.2 Å². The van der Waals surface area contributed by atoms with E-state index in [2.05, 4.69) is 4.72 Å². The summed E-state index contributed by atoms with van der Waals surface area (Å²) in [4.78, 5) is 10.9. The lowest BCUT2D eigenvalue weighted by atomic mass is 10.00. The number of aliphatic carboxylic acids is 1. The molecule has 0 aromatic heterocycles. The number of carboxylic acid groups (broad SMARTS) is 1. The zero-order valence-corrected chi connectivity index (χ0v) is 17.1. The molecule has 6 nitrogen and oxygen atoms in total. The molecule has 0 aliphatic heterocycles. The van der Waals surface area contributed by atoms with Crippen LogP contribution in [0.2, 0.25) is 5.02 Å². The Morgan fingerprint density at radius 2 is 1.81 bits per heavy atom. The quantitative estimate of drug-likeness (QED) is 0.752. The van der Waals surface area contributed by atoms with E-state index in [1.54, 1.807) is 45.0 Å². The van der Waals surface area contributed by atoms with E-state index in [4.69, 9.17) is 21.4 Å². The van der Waals surface area contributed by atoms with Gasteiger partial charge in [-0.1, -0.05) is 17.7 Å². The number of carboxylic acids is 1. The van der Waals surface area contributed by atoms with Crippen molar-refractivity contribution in [1.82, 2.24) is 4.72 Å². The van der Waals surface area contributed by atoms with Crippen LogP contribution in [-0.4, -0.2) is 31.6 Å². The molecular formula is C19H22ClNO5S. The first-order chi connectivity index (χ1) is 12.4. The van der Waals surface area contributed by atoms with E-state index in [0.717, 1.165) is 5.56 Å². The van der Waals surface area contributed by atoms with Gasteiger partial charge in [0.2, 0.25) is 10.0 Å². The summed E-state index contributed by atoms with van der Waals surface area (Å²) in [6.45, 7) is 6.58. The number of rotatable bonds is 6. The van der Waals surface area contributed by atoms with Gasteiger partial charge in [-0.25, -0.2) is 17.9 Å². The van der Waals surface area contributed by atoms with Crippen molar-refractivity contribution in [1.29, 1.82) is 0 Å². The maximum absolute atomic E-state index is 12.7. The molecule has 0 saturated carbocycles. The molecule has 0 fully saturated rings. The summed E-state index contributed by atoms with van der Waals surface area (Å²) in [5.41, 5.74) is 1.28. The third kappa shape index (κ3) is 5.69. The smallest absolute Gasteiger partial charge is 0.341 e. The van der Waals surface area contributed by atoms with Crippen molar-refractivity contribution in [2.24, 2.45) is 0 Å². The standard InChI is InChI=1S/C19H22ClNO5S/c1-12-5-7-14(27(24,25)21-19(2,3)4)10-15(12)16-9-13(20)6-8-17(16)26-11-18(22)23/h5-10,21H,11H2,1-4H3,(H,22,23). The van der Waals surface area contributed by atoms with Gasteiger partial charge < -0.3 is 9.84 Å². The van der Waals surface area contributed by atoms with Gasteiger partial charge in [0, 0.05) is 16.1 Å². The Morgan fingerprint density at radius 3 is 2.41 bits per heavy atom. The highest BCUT2D eigenvalue weighted by molar-refractivity contribution is 7.89. The molecule has 0 aliphatic rings. The molecule has 0 aliphatic carbocycles. The van der Waals surface area contributed by atoms with Crippen molar-refractivity contribution in [3.05, 3.63) is 47.0 Å². The average Bonchev–Trinajstić information content (AvgIpc) is 2.51. The van der Waals surface area contributed by atoms with Gasteiger partial charge >= 0.3 is 5.97 Å². The molecule has 0 saturated heterocycles. The number of nitrogens with one attached hydrogen (secondary N) is 1. The summed E-state index contributed by atoms with van der Waals surface area (Å²) in [5.74, 6) is -0.804. The Balaban J connectivity index is 2.57. The van der Waals surface area contributed by atoms with Crippen LogP contribution in [0.5, 0.6) is 5.75 Å². The highest BCUT2D eigenvalue weighted by Gasteiger charge is 2.23. The number of halogens is 1. The first-order valence-electron chi connectivity index (χ1n) is 8.18. The second kappa shape index (κ2) is 7.88. The van der Waals surface area contributed by atoms with E-state index >= 15 is 0 Å². The fraction of sp³-hybridized carbons (Fsp3) is 0.316. The van der Waals surface area contributed by atoms with E-state index in [9.17, 15) is 13.2 Å². The largest absolute Gasteiger partial charge is 0.481 e. The van der Waals surface area contributed by atoms with Crippen LogP contribution >= 0.6 is 11.6 Å².